The van der Waals surface area contributed by atoms with Gasteiger partial charge in [-0.25, -0.2) is 0 Å². The molecule has 0 saturated carbocycles. The standard InChI is InChI=1S/C10H15O2P.BF4/c1-3-11-8-5-9(12-4-2)7-10(13)6-8;2-1(3,4)5/h5-7H,3-4,13H2,1-2H3;/q;-1/p+1. The first-order valence-corrected chi connectivity index (χ1v) is 6.07. The van der Waals surface area contributed by atoms with Crippen LogP contribution in [0.25, 0.3) is 0 Å². The lowest BCUT2D eigenvalue weighted by atomic mass is 10.3. The van der Waals surface area contributed by atoms with Crippen molar-refractivity contribution in [2.24, 2.45) is 0 Å². The molecule has 1 rings (SSSR count). The molecule has 1 aromatic carbocycles. The van der Waals surface area contributed by atoms with E-state index in [0.29, 0.717) is 13.2 Å². The van der Waals surface area contributed by atoms with Gasteiger partial charge in [0.15, 0.2) is 0 Å². The third-order valence-electron chi connectivity index (χ3n) is 1.56. The van der Waals surface area contributed by atoms with Crippen LogP contribution in [0.15, 0.2) is 18.2 Å². The Morgan fingerprint density at radius 2 is 1.28 bits per heavy atom. The molecule has 2 nitrogen and oxygen atoms in total. The highest BCUT2D eigenvalue weighted by Gasteiger charge is 2.20. The van der Waals surface area contributed by atoms with E-state index < -0.39 is 7.25 Å². The van der Waals surface area contributed by atoms with Gasteiger partial charge in [-0.3, -0.25) is 0 Å². The first kappa shape index (κ1) is 17.0. The van der Waals surface area contributed by atoms with Crippen molar-refractivity contribution in [2.75, 3.05) is 13.2 Å². The highest BCUT2D eigenvalue weighted by molar-refractivity contribution is 7.27. The van der Waals surface area contributed by atoms with Crippen molar-refractivity contribution in [1.82, 2.24) is 0 Å². The summed E-state index contributed by atoms with van der Waals surface area (Å²) in [7, 11) is -4.17. The van der Waals surface area contributed by atoms with E-state index in [1.807, 2.05) is 41.3 Å². The Morgan fingerprint density at radius 1 is 0.944 bits per heavy atom. The van der Waals surface area contributed by atoms with Gasteiger partial charge < -0.3 is 26.7 Å². The number of hydrogen-bond acceptors (Lipinski definition) is 2. The number of rotatable bonds is 4. The third-order valence-corrected chi connectivity index (χ3v) is 1.97. The smallest absolute Gasteiger partial charge is 0.494 e. The van der Waals surface area contributed by atoms with Gasteiger partial charge in [0.05, 0.1) is 18.5 Å². The molecule has 0 radical (unpaired) electrons. The van der Waals surface area contributed by atoms with E-state index in [9.17, 15) is 17.3 Å². The second kappa shape index (κ2) is 8.19. The van der Waals surface area contributed by atoms with Crippen molar-refractivity contribution in [2.45, 2.75) is 13.8 Å². The summed E-state index contributed by atoms with van der Waals surface area (Å²) in [5.74, 6) is 1.77. The molecule has 0 aliphatic heterocycles. The highest BCUT2D eigenvalue weighted by atomic mass is 31.0. The molecule has 0 aliphatic rings. The van der Waals surface area contributed by atoms with Gasteiger partial charge in [-0.1, -0.05) is 0 Å². The van der Waals surface area contributed by atoms with Gasteiger partial charge in [-0.2, -0.15) is 0 Å². The Balaban J connectivity index is 0.000000494. The average molecular weight is 286 g/mol. The van der Waals surface area contributed by atoms with Crippen LogP contribution in [-0.4, -0.2) is 20.5 Å². The zero-order valence-electron chi connectivity index (χ0n) is 10.3. The molecule has 0 aliphatic carbocycles. The normalized spacial score (nSPS) is 10.6. The average Bonchev–Trinajstić information content (AvgIpc) is 2.14. The molecule has 0 spiro atoms. The fourth-order valence-electron chi connectivity index (χ4n) is 1.13. The van der Waals surface area contributed by atoms with Crippen LogP contribution in [0, 0.1) is 0 Å². The summed E-state index contributed by atoms with van der Waals surface area (Å²) in [5.41, 5.74) is 0. The number of benzene rings is 1. The molecule has 0 N–H and O–H groups in total. The van der Waals surface area contributed by atoms with E-state index in [1.54, 1.807) is 0 Å². The molecule has 0 saturated heterocycles. The molecule has 0 heterocycles. The van der Waals surface area contributed by atoms with E-state index in [1.165, 1.54) is 5.30 Å². The van der Waals surface area contributed by atoms with Crippen LogP contribution < -0.4 is 14.8 Å². The summed E-state index contributed by atoms with van der Waals surface area (Å²) in [6.45, 7) is 5.34. The van der Waals surface area contributed by atoms with Crippen molar-refractivity contribution in [1.29, 1.82) is 0 Å². The van der Waals surface area contributed by atoms with Crippen LogP contribution >= 0.6 is 9.24 Å². The predicted octanol–water partition coefficient (Wildman–Crippen LogP) is 3.02. The molecule has 8 heteroatoms. The minimum absolute atomic E-state index is 0.693. The maximum absolute atomic E-state index is 9.75. The second-order valence-electron chi connectivity index (χ2n) is 3.17. The van der Waals surface area contributed by atoms with Crippen molar-refractivity contribution in [3.63, 3.8) is 0 Å². The van der Waals surface area contributed by atoms with Gasteiger partial charge in [0.1, 0.15) is 11.5 Å². The molecule has 18 heavy (non-hydrogen) atoms. The summed E-state index contributed by atoms with van der Waals surface area (Å²) in [4.78, 5) is 0. The van der Waals surface area contributed by atoms with Gasteiger partial charge in [0.25, 0.3) is 0 Å². The minimum atomic E-state index is -6.00. The zero-order valence-corrected chi connectivity index (χ0v) is 11.7. The van der Waals surface area contributed by atoms with E-state index in [4.69, 9.17) is 9.47 Å². The number of ether oxygens (including phenoxy) is 2. The molecule has 1 unspecified atom stereocenters. The molecular weight excluding hydrogens is 270 g/mol. The monoisotopic (exact) mass is 286 g/mol. The quantitative estimate of drug-likeness (QED) is 0.481. The van der Waals surface area contributed by atoms with Crippen molar-refractivity contribution in [3.05, 3.63) is 18.2 Å². The Kier molecular flexibility index (Phi) is 7.75. The Morgan fingerprint density at radius 3 is 1.56 bits per heavy atom. The third kappa shape index (κ3) is 10.2. The summed E-state index contributed by atoms with van der Waals surface area (Å²) >= 11 is 0. The lowest BCUT2D eigenvalue weighted by molar-refractivity contribution is 0.323. The lowest BCUT2D eigenvalue weighted by Crippen LogP contribution is -2.02. The molecule has 0 bridgehead atoms. The predicted molar refractivity (Wildman–Crippen MR) is 69.7 cm³/mol. The van der Waals surface area contributed by atoms with E-state index in [-0.39, 0.29) is 0 Å². The minimum Gasteiger partial charge on any atom is -0.494 e. The fourth-order valence-corrected chi connectivity index (χ4v) is 1.53. The molecule has 0 aromatic heterocycles. The lowest BCUT2D eigenvalue weighted by Gasteiger charge is -2.06. The van der Waals surface area contributed by atoms with Crippen LogP contribution in [0.4, 0.5) is 17.3 Å². The first-order chi connectivity index (χ1) is 8.26. The van der Waals surface area contributed by atoms with Crippen molar-refractivity contribution >= 4 is 21.8 Å². The maximum atomic E-state index is 9.75. The Bertz CT molecular complexity index is 330. The molecule has 1 aromatic rings. The zero-order chi connectivity index (χ0) is 14.2. The van der Waals surface area contributed by atoms with E-state index >= 15 is 0 Å². The fraction of sp³-hybridized carbons (Fsp3) is 0.400. The van der Waals surface area contributed by atoms with Gasteiger partial charge >= 0.3 is 7.25 Å². The van der Waals surface area contributed by atoms with Crippen molar-refractivity contribution in [3.8, 4) is 11.5 Å². The van der Waals surface area contributed by atoms with Gasteiger partial charge in [0, 0.05) is 27.4 Å². The van der Waals surface area contributed by atoms with Gasteiger partial charge in [-0.05, 0) is 13.8 Å². The number of halogens is 4. The molecule has 1 atom stereocenters. The van der Waals surface area contributed by atoms with Crippen LogP contribution in [-0.2, 0) is 0 Å². The van der Waals surface area contributed by atoms with Crippen LogP contribution in [0.1, 0.15) is 13.8 Å². The summed E-state index contributed by atoms with van der Waals surface area (Å²) in [5, 5.41) is 1.19. The second-order valence-corrected chi connectivity index (χ2v) is 3.99. The topological polar surface area (TPSA) is 18.5 Å². The summed E-state index contributed by atoms with van der Waals surface area (Å²) in [6.07, 6.45) is 0. The first-order valence-electron chi connectivity index (χ1n) is 5.36. The van der Waals surface area contributed by atoms with Gasteiger partial charge in [0.2, 0.25) is 0 Å². The summed E-state index contributed by atoms with van der Waals surface area (Å²) in [6, 6.07) is 5.96. The Labute approximate surface area is 106 Å². The molecule has 0 amide bonds. The Hall–Kier alpha value is -0.965. The van der Waals surface area contributed by atoms with Crippen LogP contribution in [0.3, 0.4) is 0 Å². The SMILES string of the molecule is CCOc1cc([PH3+])cc(OCC)c1.F[B-](F)(F)F. The largest absolute Gasteiger partial charge is 0.673 e. The van der Waals surface area contributed by atoms with E-state index in [2.05, 4.69) is 0 Å². The highest BCUT2D eigenvalue weighted by Crippen LogP contribution is 2.19. The van der Waals surface area contributed by atoms with Crippen molar-refractivity contribution < 1.29 is 26.7 Å². The van der Waals surface area contributed by atoms with E-state index in [0.717, 1.165) is 11.5 Å². The van der Waals surface area contributed by atoms with Crippen LogP contribution in [0.5, 0.6) is 11.5 Å². The maximum Gasteiger partial charge on any atom is 0.673 e. The van der Waals surface area contributed by atoms with Gasteiger partial charge in [-0.15, -0.1) is 0 Å². The molecule has 0 fully saturated rings. The number of hydrogen-bond donors (Lipinski definition) is 0. The molecule has 104 valence electrons. The summed E-state index contributed by atoms with van der Waals surface area (Å²) < 4.78 is 49.8. The molecular formula is C10H16BF4O2P. The van der Waals surface area contributed by atoms with Crippen LogP contribution in [0.2, 0.25) is 0 Å².